The topological polar surface area (TPSA) is 6.25 Å². The summed E-state index contributed by atoms with van der Waals surface area (Å²) in [5, 5.41) is 5.36. The van der Waals surface area contributed by atoms with Gasteiger partial charge < -0.3 is 4.90 Å². The molecule has 0 fully saturated rings. The fourth-order valence-electron chi connectivity index (χ4n) is 7.11. The summed E-state index contributed by atoms with van der Waals surface area (Å²) in [7, 11) is 0. The molecule has 3 aliphatic rings. The molecule has 2 aromatic heterocycles. The predicted molar refractivity (Wildman–Crippen MR) is 175 cm³/mol. The van der Waals surface area contributed by atoms with Gasteiger partial charge >= 0.3 is 0 Å². The molecule has 0 saturated carbocycles. The normalized spacial score (nSPS) is 17.1. The highest BCUT2D eigenvalue weighted by Crippen LogP contribution is 2.56. The third-order valence-electron chi connectivity index (χ3n) is 8.71. The summed E-state index contributed by atoms with van der Waals surface area (Å²) in [5.41, 5.74) is 9.15. The van der Waals surface area contributed by atoms with Crippen LogP contribution in [0.4, 0.5) is 22.7 Å². The molecule has 4 heteroatoms. The van der Waals surface area contributed by atoms with Gasteiger partial charge in [0.2, 0.25) is 17.1 Å². The second-order valence-electron chi connectivity index (χ2n) is 10.7. The molecule has 40 heavy (non-hydrogen) atoms. The van der Waals surface area contributed by atoms with Gasteiger partial charge in [-0.3, -0.25) is 0 Å². The van der Waals surface area contributed by atoms with E-state index >= 15 is 0 Å². The van der Waals surface area contributed by atoms with Crippen molar-refractivity contribution in [1.29, 1.82) is 0 Å². The van der Waals surface area contributed by atoms with Crippen LogP contribution >= 0.6 is 22.7 Å². The van der Waals surface area contributed by atoms with Crippen LogP contribution in [-0.4, -0.2) is 11.8 Å². The van der Waals surface area contributed by atoms with E-state index in [0.717, 1.165) is 0 Å². The van der Waals surface area contributed by atoms with Crippen LogP contribution in [0.2, 0.25) is 0 Å². The SMILES string of the molecule is C1=CC2=[N+](c3cccc4c3sc3ccccc34)c3ccccc3N3c4c(ccc5c4sc4ccccc45)C(=C1)C23. The van der Waals surface area contributed by atoms with Gasteiger partial charge in [0.15, 0.2) is 0 Å². The third-order valence-corrected chi connectivity index (χ3v) is 11.1. The molecule has 186 valence electrons. The van der Waals surface area contributed by atoms with Crippen molar-refractivity contribution in [3.05, 3.63) is 127 Å². The first-order valence-corrected chi connectivity index (χ1v) is 15.3. The number of thiophene rings is 2. The molecule has 5 aromatic carbocycles. The first-order chi connectivity index (χ1) is 19.9. The lowest BCUT2D eigenvalue weighted by Crippen LogP contribution is -2.43. The predicted octanol–water partition coefficient (Wildman–Crippen LogP) is 10.2. The lowest BCUT2D eigenvalue weighted by Gasteiger charge is -2.32. The van der Waals surface area contributed by atoms with E-state index < -0.39 is 0 Å². The summed E-state index contributed by atoms with van der Waals surface area (Å²) in [4.78, 5) is 2.62. The van der Waals surface area contributed by atoms with E-state index in [1.54, 1.807) is 0 Å². The van der Waals surface area contributed by atoms with E-state index in [0.29, 0.717) is 0 Å². The monoisotopic (exact) mass is 545 g/mol. The van der Waals surface area contributed by atoms with E-state index in [4.69, 9.17) is 0 Å². The van der Waals surface area contributed by atoms with Crippen LogP contribution in [0.3, 0.4) is 0 Å². The molecule has 0 spiro atoms. The smallest absolute Gasteiger partial charge is 0.235 e. The number of allylic oxidation sites excluding steroid dienone is 2. The minimum Gasteiger partial charge on any atom is -0.316 e. The second kappa shape index (κ2) is 7.57. The van der Waals surface area contributed by atoms with Crippen molar-refractivity contribution in [3.8, 4) is 0 Å². The molecule has 0 saturated heterocycles. The molecule has 0 N–H and O–H groups in total. The van der Waals surface area contributed by atoms with Gasteiger partial charge in [-0.05, 0) is 23.8 Å². The fraction of sp³-hybridized carbons (Fsp3) is 0.0278. The molecule has 0 radical (unpaired) electrons. The van der Waals surface area contributed by atoms with Gasteiger partial charge in [-0.25, -0.2) is 0 Å². The van der Waals surface area contributed by atoms with Crippen LogP contribution in [0, 0.1) is 0 Å². The lowest BCUT2D eigenvalue weighted by molar-refractivity contribution is 0.938. The number of nitrogens with zero attached hydrogens (tertiary/aromatic N) is 2. The van der Waals surface area contributed by atoms with Crippen molar-refractivity contribution in [1.82, 2.24) is 4.58 Å². The average Bonchev–Trinajstić information content (AvgIpc) is 3.68. The molecule has 2 nitrogen and oxygen atoms in total. The largest absolute Gasteiger partial charge is 0.316 e. The Bertz CT molecular complexity index is 2350. The van der Waals surface area contributed by atoms with Gasteiger partial charge in [-0.2, -0.15) is 4.58 Å². The minimum absolute atomic E-state index is 0.135. The van der Waals surface area contributed by atoms with Crippen molar-refractivity contribution in [2.24, 2.45) is 0 Å². The summed E-state index contributed by atoms with van der Waals surface area (Å²) in [5.74, 6) is 0. The van der Waals surface area contributed by atoms with Crippen molar-refractivity contribution in [2.45, 2.75) is 6.04 Å². The molecule has 1 atom stereocenters. The highest BCUT2D eigenvalue weighted by atomic mass is 32.1. The summed E-state index contributed by atoms with van der Waals surface area (Å²) in [6.45, 7) is 0. The van der Waals surface area contributed by atoms with E-state index in [1.807, 2.05) is 22.7 Å². The Morgan fingerprint density at radius 1 is 0.600 bits per heavy atom. The minimum atomic E-state index is 0.135. The lowest BCUT2D eigenvalue weighted by atomic mass is 9.92. The van der Waals surface area contributed by atoms with Crippen LogP contribution in [0.1, 0.15) is 5.56 Å². The first-order valence-electron chi connectivity index (χ1n) is 13.7. The Labute approximate surface area is 238 Å². The Kier molecular flexibility index (Phi) is 4.04. The second-order valence-corrected chi connectivity index (χ2v) is 12.8. The standard InChI is InChI=1S/C36H21N2S2/c1-5-17-31-21(9-1)25-12-8-16-30(35(25)39-31)37-27-13-3-4-14-28(27)38-33-23(11-7-15-29(33)37)24-19-20-26-22-10-2-6-18-32(22)40-36(26)34(24)38/h1-20,33H/q+1. The van der Waals surface area contributed by atoms with Gasteiger partial charge in [0.05, 0.1) is 10.4 Å². The highest BCUT2D eigenvalue weighted by Gasteiger charge is 2.49. The first kappa shape index (κ1) is 21.3. The van der Waals surface area contributed by atoms with Crippen molar-refractivity contribution >= 4 is 97.1 Å². The van der Waals surface area contributed by atoms with E-state index in [1.165, 1.54) is 79.9 Å². The molecule has 1 unspecified atom stereocenters. The van der Waals surface area contributed by atoms with Crippen molar-refractivity contribution in [3.63, 3.8) is 0 Å². The number of rotatable bonds is 1. The highest BCUT2D eigenvalue weighted by molar-refractivity contribution is 7.26. The average molecular weight is 546 g/mol. The van der Waals surface area contributed by atoms with Crippen LogP contribution in [0.25, 0.3) is 45.9 Å². The maximum absolute atomic E-state index is 2.62. The van der Waals surface area contributed by atoms with Gasteiger partial charge in [-0.15, -0.1) is 22.7 Å². The van der Waals surface area contributed by atoms with Crippen LogP contribution in [-0.2, 0) is 0 Å². The summed E-state index contributed by atoms with van der Waals surface area (Å²) >= 11 is 3.82. The van der Waals surface area contributed by atoms with E-state index in [9.17, 15) is 0 Å². The van der Waals surface area contributed by atoms with Crippen LogP contribution in [0.15, 0.2) is 121 Å². The Morgan fingerprint density at radius 3 is 2.12 bits per heavy atom. The van der Waals surface area contributed by atoms with E-state index in [-0.39, 0.29) is 6.04 Å². The molecular weight excluding hydrogens is 525 g/mol. The molecular formula is C36H21N2S2+. The number of benzene rings is 5. The van der Waals surface area contributed by atoms with Gasteiger partial charge in [-0.1, -0.05) is 84.9 Å². The molecule has 7 aromatic rings. The maximum atomic E-state index is 2.62. The fourth-order valence-corrected chi connectivity index (χ4v) is 9.56. The van der Waals surface area contributed by atoms with Gasteiger partial charge in [0.25, 0.3) is 0 Å². The molecule has 0 amide bonds. The summed E-state index contributed by atoms with van der Waals surface area (Å²) in [6.07, 6.45) is 6.91. The van der Waals surface area contributed by atoms with Crippen LogP contribution in [0.5, 0.6) is 0 Å². The Hall–Kier alpha value is -4.51. The number of fused-ring (bicyclic) bond motifs is 12. The molecule has 4 heterocycles. The van der Waals surface area contributed by atoms with Gasteiger partial charge in [0.1, 0.15) is 16.4 Å². The van der Waals surface area contributed by atoms with Crippen molar-refractivity contribution in [2.75, 3.05) is 4.90 Å². The number of hydrogen-bond acceptors (Lipinski definition) is 3. The molecule has 0 bridgehead atoms. The molecule has 2 aliphatic heterocycles. The number of para-hydroxylation sites is 2. The zero-order valence-electron chi connectivity index (χ0n) is 21.3. The molecule has 10 rings (SSSR count). The Morgan fingerprint density at radius 2 is 1.27 bits per heavy atom. The number of hydrogen-bond donors (Lipinski definition) is 0. The summed E-state index contributed by atoms with van der Waals surface area (Å²) < 4.78 is 7.93. The third kappa shape index (κ3) is 2.56. The number of anilines is 2. The summed E-state index contributed by atoms with van der Waals surface area (Å²) in [6, 6.07) is 38.2. The van der Waals surface area contributed by atoms with E-state index in [2.05, 4.69) is 131 Å². The van der Waals surface area contributed by atoms with Crippen molar-refractivity contribution < 1.29 is 0 Å². The zero-order valence-corrected chi connectivity index (χ0v) is 23.0. The van der Waals surface area contributed by atoms with Gasteiger partial charge in [0, 0.05) is 54.7 Å². The quantitative estimate of drug-likeness (QED) is 0.186. The zero-order chi connectivity index (χ0) is 25.9. The molecule has 1 aliphatic carbocycles. The Balaban J connectivity index is 1.32. The maximum Gasteiger partial charge on any atom is 0.235 e. The van der Waals surface area contributed by atoms with Crippen LogP contribution < -0.4 is 9.48 Å².